The molecule has 0 aromatic rings. The first-order valence-electron chi connectivity index (χ1n) is 0. The minimum atomic E-state index is 0. The summed E-state index contributed by atoms with van der Waals surface area (Å²) < 4.78 is 0. The van der Waals surface area contributed by atoms with Gasteiger partial charge in [0.25, 0.3) is 0 Å². The molecule has 0 unspecified atom stereocenters. The van der Waals surface area contributed by atoms with Gasteiger partial charge in [0.15, 0.2) is 0 Å². The molecule has 0 bridgehead atoms. The van der Waals surface area contributed by atoms with Gasteiger partial charge >= 0.3 is 66.5 Å². The summed E-state index contributed by atoms with van der Waals surface area (Å²) in [6.45, 7) is 0. The predicted octanol–water partition coefficient (Wildman–Crippen LogP) is -1.16. The number of hydrogen-bond donors (Lipinski definition) is 0. The van der Waals surface area contributed by atoms with Crippen molar-refractivity contribution >= 4 is 86.3 Å². The molecule has 0 saturated heterocycles. The van der Waals surface area contributed by atoms with Gasteiger partial charge in [-0.2, -0.15) is 0 Å². The third-order valence-corrected chi connectivity index (χ3v) is 0. The van der Waals surface area contributed by atoms with Gasteiger partial charge in [0.2, 0.25) is 0 Å². The molecule has 0 aliphatic rings. The Bertz CT molecular complexity index is 15.7. The first-order chi connectivity index (χ1) is 0. The van der Waals surface area contributed by atoms with Crippen molar-refractivity contribution in [1.82, 2.24) is 0 Å². The molecular weight excluding hydrogens is 312 g/mol. The van der Waals surface area contributed by atoms with Crippen molar-refractivity contribution in [3.8, 4) is 0 Å². The molecule has 0 amide bonds. The van der Waals surface area contributed by atoms with Gasteiger partial charge < -0.3 is 13.8 Å². The summed E-state index contributed by atoms with van der Waals surface area (Å²) in [6, 6.07) is 0. The molecule has 0 rings (SSSR count). The van der Waals surface area contributed by atoms with Gasteiger partial charge in [-0.05, 0) is 0 Å². The van der Waals surface area contributed by atoms with E-state index in [0.717, 1.165) is 0 Å². The van der Waals surface area contributed by atoms with E-state index in [9.17, 15) is 0 Å². The van der Waals surface area contributed by atoms with Crippen molar-refractivity contribution in [2.45, 2.75) is 0 Å². The Balaban J connectivity index is 0. The summed E-state index contributed by atoms with van der Waals surface area (Å²) in [5.74, 6) is 0. The summed E-state index contributed by atoms with van der Waals surface area (Å²) in [5.41, 5.74) is 0. The van der Waals surface area contributed by atoms with Crippen LogP contribution in [-0.2, 0) is 11.0 Å². The van der Waals surface area contributed by atoms with Crippen LogP contribution in [0.25, 0.3) is 0 Å². The fraction of sp³-hybridized carbons (Fsp3) is 0. The predicted molar refractivity (Wildman–Crippen MR) is 20.9 cm³/mol. The van der Waals surface area contributed by atoms with E-state index < -0.39 is 0 Å². The first kappa shape index (κ1) is 47.9. The molecule has 3 radical (unpaired) electrons. The van der Waals surface area contributed by atoms with Crippen LogP contribution < -0.4 is 0 Å². The second kappa shape index (κ2) is 30.1. The smallest absolute Gasteiger partial charge is 2.00 e. The van der Waals surface area contributed by atoms with Crippen LogP contribution in [0.1, 0.15) is 2.85 Å². The van der Waals surface area contributed by atoms with Gasteiger partial charge in [-0.25, -0.2) is 0 Å². The molecule has 0 atom stereocenters. The van der Waals surface area contributed by atoms with Crippen LogP contribution in [0.2, 0.25) is 0 Å². The molecule has 0 N–H and O–H groups in total. The SMILES string of the molecule is [Ba+2].[Ga].[Ge+4].[H-].[H-].[O-2].[O-2]. The molecule has 0 saturated carbocycles. The van der Waals surface area contributed by atoms with Crippen LogP contribution in [0.15, 0.2) is 0 Å². The van der Waals surface area contributed by atoms with E-state index in [2.05, 4.69) is 0 Å². The van der Waals surface area contributed by atoms with E-state index >= 15 is 0 Å². The van der Waals surface area contributed by atoms with E-state index in [-0.39, 0.29) is 100 Å². The topological polar surface area (TPSA) is 57.0 Å². The maximum Gasteiger partial charge on any atom is 4.00 e. The van der Waals surface area contributed by atoms with Crippen molar-refractivity contribution in [1.29, 1.82) is 0 Å². The minimum Gasteiger partial charge on any atom is -2.00 e. The summed E-state index contributed by atoms with van der Waals surface area (Å²) in [4.78, 5) is 0. The normalized spacial score (nSPS) is 0. The zero-order valence-corrected chi connectivity index (χ0v) is 11.6. The summed E-state index contributed by atoms with van der Waals surface area (Å²) in [6.07, 6.45) is 0. The summed E-state index contributed by atoms with van der Waals surface area (Å²) >= 11 is 0. The third-order valence-electron chi connectivity index (χ3n) is 0. The Morgan fingerprint density at radius 1 is 1.00 bits per heavy atom. The van der Waals surface area contributed by atoms with Crippen LogP contribution in [0.4, 0.5) is 0 Å². The Morgan fingerprint density at radius 2 is 1.00 bits per heavy atom. The van der Waals surface area contributed by atoms with Gasteiger partial charge in [0.05, 0.1) is 0 Å². The van der Waals surface area contributed by atoms with E-state index in [4.69, 9.17) is 0 Å². The minimum absolute atomic E-state index is 0. The van der Waals surface area contributed by atoms with Crippen molar-refractivity contribution in [2.24, 2.45) is 0 Å². The van der Waals surface area contributed by atoms with Crippen LogP contribution in [0.5, 0.6) is 0 Å². The monoisotopic (exact) mass is 315 g/mol. The van der Waals surface area contributed by atoms with Gasteiger partial charge in [0.1, 0.15) is 0 Å². The summed E-state index contributed by atoms with van der Waals surface area (Å²) in [5, 5.41) is 0. The zero-order chi connectivity index (χ0) is 0. The third kappa shape index (κ3) is 20.4. The van der Waals surface area contributed by atoms with Crippen molar-refractivity contribution in [3.05, 3.63) is 0 Å². The maximum absolute atomic E-state index is 0. The molecular formula is H2BaGaGeO2. The molecule has 5 heavy (non-hydrogen) atoms. The molecule has 0 spiro atoms. The van der Waals surface area contributed by atoms with Crippen molar-refractivity contribution in [2.75, 3.05) is 0 Å². The number of hydrogen-bond acceptors (Lipinski definition) is 0. The van der Waals surface area contributed by atoms with Gasteiger partial charge in [-0.15, -0.1) is 0 Å². The Labute approximate surface area is 98.2 Å². The van der Waals surface area contributed by atoms with Gasteiger partial charge in [-0.1, -0.05) is 0 Å². The van der Waals surface area contributed by atoms with Gasteiger partial charge in [0, 0.05) is 19.8 Å². The van der Waals surface area contributed by atoms with Crippen LogP contribution in [0.3, 0.4) is 0 Å². The molecule has 0 heterocycles. The molecule has 0 aromatic heterocycles. The van der Waals surface area contributed by atoms with Crippen LogP contribution in [-0.4, -0.2) is 86.3 Å². The largest absolute Gasteiger partial charge is 4.00 e. The molecule has 5 heteroatoms. The fourth-order valence-corrected chi connectivity index (χ4v) is 0. The summed E-state index contributed by atoms with van der Waals surface area (Å²) in [7, 11) is 0. The molecule has 23 valence electrons. The van der Waals surface area contributed by atoms with Crippen LogP contribution in [0, 0.1) is 0 Å². The van der Waals surface area contributed by atoms with E-state index in [1.54, 1.807) is 0 Å². The fourth-order valence-electron chi connectivity index (χ4n) is 0. The maximum atomic E-state index is 0. The molecule has 0 aromatic carbocycles. The van der Waals surface area contributed by atoms with Crippen molar-refractivity contribution < 1.29 is 13.8 Å². The molecule has 0 fully saturated rings. The van der Waals surface area contributed by atoms with Gasteiger partial charge in [-0.3, -0.25) is 0 Å². The standard InChI is InChI=1S/Ba.Ga.Ge.2O.2H/q+2;;+4;2*-2;2*-1. The molecule has 2 nitrogen and oxygen atoms in total. The average molecular weight is 314 g/mol. The number of rotatable bonds is 0. The molecule has 0 aliphatic carbocycles. The Hall–Kier alpha value is 2.67. The Morgan fingerprint density at radius 3 is 1.00 bits per heavy atom. The van der Waals surface area contributed by atoms with Crippen LogP contribution >= 0.6 is 0 Å². The zero-order valence-electron chi connectivity index (χ0n) is 4.60. The van der Waals surface area contributed by atoms with E-state index in [1.165, 1.54) is 0 Å². The second-order valence-corrected chi connectivity index (χ2v) is 0. The quantitative estimate of drug-likeness (QED) is 0.507. The first-order valence-corrected chi connectivity index (χ1v) is 0. The van der Waals surface area contributed by atoms with E-state index in [0.29, 0.717) is 0 Å². The van der Waals surface area contributed by atoms with E-state index in [1.807, 2.05) is 0 Å². The Kier molecular flexibility index (Phi) is 288. The second-order valence-electron chi connectivity index (χ2n) is 0. The van der Waals surface area contributed by atoms with Crippen molar-refractivity contribution in [3.63, 3.8) is 0 Å². The average Bonchev–Trinajstić information content (AvgIpc) is 0. The molecule has 0 aliphatic heterocycles.